The van der Waals surface area contributed by atoms with Crippen LogP contribution in [0.15, 0.2) is 17.5 Å². The van der Waals surface area contributed by atoms with E-state index in [0.29, 0.717) is 19.7 Å². The lowest BCUT2D eigenvalue weighted by Gasteiger charge is -2.11. The summed E-state index contributed by atoms with van der Waals surface area (Å²) in [7, 11) is 0. The summed E-state index contributed by atoms with van der Waals surface area (Å²) in [5.74, 6) is 0. The molecule has 0 aliphatic heterocycles. The third-order valence-electron chi connectivity index (χ3n) is 2.04. The lowest BCUT2D eigenvalue weighted by Crippen LogP contribution is -2.33. The van der Waals surface area contributed by atoms with E-state index in [2.05, 4.69) is 10.1 Å². The number of nitrogens with one attached hydrogen (secondary N) is 1. The molecule has 1 aromatic heterocycles. The summed E-state index contributed by atoms with van der Waals surface area (Å²) in [5.41, 5.74) is 4.79. The number of amides is 1. The van der Waals surface area contributed by atoms with Crippen LogP contribution in [-0.2, 0) is 16.1 Å². The van der Waals surface area contributed by atoms with Crippen LogP contribution in [0.25, 0.3) is 0 Å². The molecule has 18 heavy (non-hydrogen) atoms. The van der Waals surface area contributed by atoms with Gasteiger partial charge in [0.15, 0.2) is 0 Å². The zero-order valence-corrected chi connectivity index (χ0v) is 10.8. The number of rotatable bonds is 9. The van der Waals surface area contributed by atoms with Gasteiger partial charge < -0.3 is 25.6 Å². The van der Waals surface area contributed by atoms with E-state index in [0.717, 1.165) is 4.88 Å². The Labute approximate surface area is 110 Å². The average Bonchev–Trinajstić information content (AvgIpc) is 2.81. The quantitative estimate of drug-likeness (QED) is 0.563. The van der Waals surface area contributed by atoms with Gasteiger partial charge in [-0.2, -0.15) is 0 Å². The van der Waals surface area contributed by atoms with Crippen molar-refractivity contribution in [2.24, 2.45) is 5.73 Å². The fourth-order valence-electron chi connectivity index (χ4n) is 1.24. The number of primary amides is 1. The Bertz CT molecular complexity index is 332. The molecule has 0 fully saturated rings. The van der Waals surface area contributed by atoms with Gasteiger partial charge >= 0.3 is 6.09 Å². The SMILES string of the molecule is NC(=O)OCCNCC(O)COCc1cccs1. The molecule has 1 unspecified atom stereocenters. The first-order valence-electron chi connectivity index (χ1n) is 5.59. The van der Waals surface area contributed by atoms with Crippen LogP contribution in [0.3, 0.4) is 0 Å². The van der Waals surface area contributed by atoms with Crippen molar-refractivity contribution in [2.75, 3.05) is 26.3 Å². The molecule has 1 heterocycles. The predicted molar refractivity (Wildman–Crippen MR) is 68.4 cm³/mol. The highest BCUT2D eigenvalue weighted by Crippen LogP contribution is 2.09. The zero-order valence-electron chi connectivity index (χ0n) is 10.0. The fourth-order valence-corrected chi connectivity index (χ4v) is 1.88. The van der Waals surface area contributed by atoms with Gasteiger partial charge in [-0.3, -0.25) is 0 Å². The molecular weight excluding hydrogens is 256 g/mol. The van der Waals surface area contributed by atoms with Gasteiger partial charge in [-0.1, -0.05) is 6.07 Å². The molecule has 0 saturated heterocycles. The minimum atomic E-state index is -0.795. The molecule has 0 aliphatic rings. The van der Waals surface area contributed by atoms with Gasteiger partial charge in [0.05, 0.1) is 19.3 Å². The Balaban J connectivity index is 1.93. The number of thiophene rings is 1. The van der Waals surface area contributed by atoms with Crippen molar-refractivity contribution in [1.29, 1.82) is 0 Å². The van der Waals surface area contributed by atoms with Crippen molar-refractivity contribution >= 4 is 17.4 Å². The van der Waals surface area contributed by atoms with Crippen molar-refractivity contribution in [3.8, 4) is 0 Å². The third kappa shape index (κ3) is 7.23. The van der Waals surface area contributed by atoms with E-state index in [4.69, 9.17) is 10.5 Å². The second kappa shape index (κ2) is 8.87. The van der Waals surface area contributed by atoms with Crippen molar-refractivity contribution in [3.05, 3.63) is 22.4 Å². The Morgan fingerprint density at radius 1 is 1.61 bits per heavy atom. The second-order valence-corrected chi connectivity index (χ2v) is 4.65. The van der Waals surface area contributed by atoms with Gasteiger partial charge in [0, 0.05) is 18.0 Å². The topological polar surface area (TPSA) is 93.8 Å². The predicted octanol–water partition coefficient (Wildman–Crippen LogP) is 0.311. The molecule has 7 heteroatoms. The van der Waals surface area contributed by atoms with Crippen molar-refractivity contribution < 1.29 is 19.4 Å². The van der Waals surface area contributed by atoms with Gasteiger partial charge in [0.25, 0.3) is 0 Å². The number of hydrogen-bond donors (Lipinski definition) is 3. The first kappa shape index (κ1) is 14.9. The van der Waals surface area contributed by atoms with Gasteiger partial charge in [-0.25, -0.2) is 4.79 Å². The van der Waals surface area contributed by atoms with Gasteiger partial charge in [0.1, 0.15) is 6.61 Å². The fraction of sp³-hybridized carbons (Fsp3) is 0.545. The molecule has 102 valence electrons. The van der Waals surface area contributed by atoms with Crippen LogP contribution in [0.5, 0.6) is 0 Å². The largest absolute Gasteiger partial charge is 0.448 e. The van der Waals surface area contributed by atoms with Crippen molar-refractivity contribution in [2.45, 2.75) is 12.7 Å². The van der Waals surface area contributed by atoms with Crippen molar-refractivity contribution in [3.63, 3.8) is 0 Å². The number of nitrogens with two attached hydrogens (primary N) is 1. The number of ether oxygens (including phenoxy) is 2. The average molecular weight is 274 g/mol. The van der Waals surface area contributed by atoms with Crippen LogP contribution in [0, 0.1) is 0 Å². The summed E-state index contributed by atoms with van der Waals surface area (Å²) in [5, 5.41) is 14.5. The minimum absolute atomic E-state index is 0.193. The molecule has 1 atom stereocenters. The third-order valence-corrected chi connectivity index (χ3v) is 2.89. The van der Waals surface area contributed by atoms with Crippen molar-refractivity contribution in [1.82, 2.24) is 5.32 Å². The molecule has 0 aromatic carbocycles. The molecule has 0 saturated carbocycles. The zero-order chi connectivity index (χ0) is 13.2. The molecule has 1 aromatic rings. The van der Waals surface area contributed by atoms with E-state index >= 15 is 0 Å². The van der Waals surface area contributed by atoms with Crippen LogP contribution in [0.2, 0.25) is 0 Å². The first-order chi connectivity index (χ1) is 8.68. The van der Waals surface area contributed by atoms with Gasteiger partial charge in [-0.15, -0.1) is 11.3 Å². The smallest absolute Gasteiger partial charge is 0.404 e. The molecule has 6 nitrogen and oxygen atoms in total. The normalized spacial score (nSPS) is 12.3. The number of aliphatic hydroxyl groups excluding tert-OH is 1. The van der Waals surface area contributed by atoms with Crippen LogP contribution in [0.4, 0.5) is 4.79 Å². The summed E-state index contributed by atoms with van der Waals surface area (Å²) in [6.45, 7) is 1.80. The summed E-state index contributed by atoms with van der Waals surface area (Å²) in [4.78, 5) is 11.4. The summed E-state index contributed by atoms with van der Waals surface area (Å²) in [6, 6.07) is 3.94. The maximum absolute atomic E-state index is 10.3. The first-order valence-corrected chi connectivity index (χ1v) is 6.47. The molecule has 1 amide bonds. The number of hydrogen-bond acceptors (Lipinski definition) is 6. The molecule has 0 bridgehead atoms. The number of aliphatic hydroxyl groups is 1. The lowest BCUT2D eigenvalue weighted by atomic mass is 10.4. The van der Waals surface area contributed by atoms with Gasteiger partial charge in [0.2, 0.25) is 0 Å². The van der Waals surface area contributed by atoms with Gasteiger partial charge in [-0.05, 0) is 11.4 Å². The Morgan fingerprint density at radius 2 is 2.44 bits per heavy atom. The molecule has 4 N–H and O–H groups in total. The molecular formula is C11H18N2O4S. The molecule has 0 spiro atoms. The summed E-state index contributed by atoms with van der Waals surface area (Å²) in [6.07, 6.45) is -1.38. The van der Waals surface area contributed by atoms with E-state index in [-0.39, 0.29) is 13.2 Å². The highest BCUT2D eigenvalue weighted by molar-refractivity contribution is 7.09. The molecule has 0 aliphatic carbocycles. The highest BCUT2D eigenvalue weighted by Gasteiger charge is 2.04. The summed E-state index contributed by atoms with van der Waals surface area (Å²) >= 11 is 1.62. The Morgan fingerprint density at radius 3 is 3.11 bits per heavy atom. The van der Waals surface area contributed by atoms with E-state index in [9.17, 15) is 9.90 Å². The highest BCUT2D eigenvalue weighted by atomic mass is 32.1. The van der Waals surface area contributed by atoms with E-state index < -0.39 is 12.2 Å². The van der Waals surface area contributed by atoms with Crippen LogP contribution < -0.4 is 11.1 Å². The standard InChI is InChI=1S/C11H18N2O4S/c12-11(15)17-4-3-13-6-9(14)7-16-8-10-2-1-5-18-10/h1-2,5,9,13-14H,3-4,6-8H2,(H2,12,15). The number of carbonyl (C=O) groups excluding carboxylic acids is 1. The second-order valence-electron chi connectivity index (χ2n) is 3.62. The van der Waals surface area contributed by atoms with Crippen LogP contribution in [-0.4, -0.2) is 43.6 Å². The molecule has 0 radical (unpaired) electrons. The number of carbonyl (C=O) groups is 1. The Kier molecular flexibility index (Phi) is 7.35. The summed E-state index contributed by atoms with van der Waals surface area (Å²) < 4.78 is 9.87. The lowest BCUT2D eigenvalue weighted by molar-refractivity contribution is 0.0294. The van der Waals surface area contributed by atoms with E-state index in [1.165, 1.54) is 0 Å². The maximum Gasteiger partial charge on any atom is 0.404 e. The monoisotopic (exact) mass is 274 g/mol. The maximum atomic E-state index is 10.3. The minimum Gasteiger partial charge on any atom is -0.448 e. The van der Waals surface area contributed by atoms with Crippen LogP contribution in [0.1, 0.15) is 4.88 Å². The van der Waals surface area contributed by atoms with E-state index in [1.54, 1.807) is 11.3 Å². The van der Waals surface area contributed by atoms with Crippen LogP contribution >= 0.6 is 11.3 Å². The van der Waals surface area contributed by atoms with E-state index in [1.807, 2.05) is 17.5 Å². The Hall–Kier alpha value is -1.15. The molecule has 1 rings (SSSR count).